The van der Waals surface area contributed by atoms with E-state index in [0.717, 1.165) is 17.7 Å². The third-order valence-corrected chi connectivity index (χ3v) is 6.43. The molecule has 178 valence electrons. The molecule has 0 bridgehead atoms. The number of carbonyl (C=O) groups is 2. The maximum atomic E-state index is 12.8. The summed E-state index contributed by atoms with van der Waals surface area (Å²) in [6.07, 6.45) is 10.2. The van der Waals surface area contributed by atoms with E-state index >= 15 is 0 Å². The minimum atomic E-state index is -0.750. The molecule has 1 saturated carbocycles. The van der Waals surface area contributed by atoms with Crippen molar-refractivity contribution in [2.45, 2.75) is 63.5 Å². The lowest BCUT2D eigenvalue weighted by atomic mass is 9.85. The van der Waals surface area contributed by atoms with Crippen LogP contribution in [0.2, 0.25) is 0 Å². The fraction of sp³-hybridized carbons (Fsp3) is 0.609. The predicted molar refractivity (Wildman–Crippen MR) is 133 cm³/mol. The first-order valence-corrected chi connectivity index (χ1v) is 12.8. The number of hydrogen-bond donors (Lipinski definition) is 5. The number of nitrogens with two attached hydrogens (primary N) is 3. The number of nitrogens with one attached hydrogen (secondary N) is 2. The van der Waals surface area contributed by atoms with E-state index in [1.807, 2.05) is 18.4 Å². The van der Waals surface area contributed by atoms with Gasteiger partial charge < -0.3 is 27.8 Å². The fourth-order valence-corrected chi connectivity index (χ4v) is 4.33. The summed E-state index contributed by atoms with van der Waals surface area (Å²) in [5, 5.41) is 5.84. The molecule has 0 radical (unpaired) electrons. The number of guanidine groups is 1. The molecule has 2 rings (SSSR count). The van der Waals surface area contributed by atoms with Crippen molar-refractivity contribution in [1.82, 2.24) is 10.6 Å². The summed E-state index contributed by atoms with van der Waals surface area (Å²) < 4.78 is 0. The zero-order valence-corrected chi connectivity index (χ0v) is 19.8. The molecule has 8 N–H and O–H groups in total. The Kier molecular flexibility index (Phi) is 11.4. The molecular formula is C23H38N6O2S. The number of amides is 2. The van der Waals surface area contributed by atoms with E-state index in [4.69, 9.17) is 17.2 Å². The molecule has 1 aliphatic rings. The standard InChI is InChI=1S/C23H38N6O2S/c1-32-14-13-27-22(31)20(12-9-16-5-3-2-4-6-16)29-21(30)19(24)15-17-7-10-18(11-8-17)28-23(25)26/h7-8,10-11,16,19-20H,2-6,9,12-15,24H2,1H3,(H,27,31)(H,29,30)(H4,25,26,28)/t19-,20-/m0/s1. The van der Waals surface area contributed by atoms with Gasteiger partial charge >= 0.3 is 0 Å². The molecular weight excluding hydrogens is 424 g/mol. The topological polar surface area (TPSA) is 149 Å². The number of hydrogen-bond acceptors (Lipinski definition) is 5. The number of thioether (sulfide) groups is 1. The molecule has 2 atom stereocenters. The Balaban J connectivity index is 1.93. The summed E-state index contributed by atoms with van der Waals surface area (Å²) in [6, 6.07) is 5.91. The summed E-state index contributed by atoms with van der Waals surface area (Å²) in [4.78, 5) is 29.5. The van der Waals surface area contributed by atoms with Crippen molar-refractivity contribution in [1.29, 1.82) is 0 Å². The second-order valence-corrected chi connectivity index (χ2v) is 9.43. The zero-order valence-electron chi connectivity index (χ0n) is 19.0. The van der Waals surface area contributed by atoms with E-state index in [-0.39, 0.29) is 17.8 Å². The van der Waals surface area contributed by atoms with Crippen LogP contribution in [0.3, 0.4) is 0 Å². The maximum absolute atomic E-state index is 12.8. The second kappa shape index (κ2) is 14.0. The third kappa shape index (κ3) is 9.48. The van der Waals surface area contributed by atoms with Crippen LogP contribution < -0.4 is 27.8 Å². The van der Waals surface area contributed by atoms with Crippen molar-refractivity contribution >= 4 is 35.2 Å². The van der Waals surface area contributed by atoms with Gasteiger partial charge in [-0.05, 0) is 49.1 Å². The molecule has 0 saturated heterocycles. The maximum Gasteiger partial charge on any atom is 0.242 e. The van der Waals surface area contributed by atoms with Crippen LogP contribution in [0, 0.1) is 5.92 Å². The van der Waals surface area contributed by atoms with Gasteiger partial charge in [-0.2, -0.15) is 11.8 Å². The van der Waals surface area contributed by atoms with Gasteiger partial charge in [0.15, 0.2) is 5.96 Å². The van der Waals surface area contributed by atoms with Gasteiger partial charge in [0, 0.05) is 12.3 Å². The van der Waals surface area contributed by atoms with Crippen molar-refractivity contribution in [3.8, 4) is 0 Å². The van der Waals surface area contributed by atoms with E-state index in [1.165, 1.54) is 32.1 Å². The summed E-state index contributed by atoms with van der Waals surface area (Å²) in [7, 11) is 0. The number of benzene rings is 1. The molecule has 8 nitrogen and oxygen atoms in total. The summed E-state index contributed by atoms with van der Waals surface area (Å²) in [5.74, 6) is 1.03. The highest BCUT2D eigenvalue weighted by molar-refractivity contribution is 7.98. The van der Waals surface area contributed by atoms with Gasteiger partial charge in [-0.15, -0.1) is 0 Å². The van der Waals surface area contributed by atoms with Crippen molar-refractivity contribution in [3.05, 3.63) is 29.8 Å². The van der Waals surface area contributed by atoms with E-state index in [2.05, 4.69) is 15.6 Å². The van der Waals surface area contributed by atoms with E-state index in [1.54, 1.807) is 23.9 Å². The van der Waals surface area contributed by atoms with Gasteiger partial charge in [-0.25, -0.2) is 4.99 Å². The molecule has 1 aromatic carbocycles. The highest BCUT2D eigenvalue weighted by Gasteiger charge is 2.25. The molecule has 0 aromatic heterocycles. The van der Waals surface area contributed by atoms with E-state index < -0.39 is 12.1 Å². The summed E-state index contributed by atoms with van der Waals surface area (Å²) in [5.41, 5.74) is 18.5. The lowest BCUT2D eigenvalue weighted by Gasteiger charge is -2.25. The van der Waals surface area contributed by atoms with E-state index in [9.17, 15) is 9.59 Å². The molecule has 0 aliphatic heterocycles. The van der Waals surface area contributed by atoms with Gasteiger partial charge in [-0.3, -0.25) is 9.59 Å². The molecule has 1 fully saturated rings. The number of aliphatic imine (C=N–C) groups is 1. The summed E-state index contributed by atoms with van der Waals surface area (Å²) in [6.45, 7) is 0.587. The molecule has 0 spiro atoms. The van der Waals surface area contributed by atoms with Crippen LogP contribution in [0.5, 0.6) is 0 Å². The first-order valence-electron chi connectivity index (χ1n) is 11.4. The van der Waals surface area contributed by atoms with Gasteiger partial charge in [0.1, 0.15) is 6.04 Å². The van der Waals surface area contributed by atoms with Gasteiger partial charge in [0.2, 0.25) is 11.8 Å². The van der Waals surface area contributed by atoms with Crippen LogP contribution in [-0.2, 0) is 16.0 Å². The normalized spacial score (nSPS) is 16.1. The van der Waals surface area contributed by atoms with Crippen molar-refractivity contribution in [3.63, 3.8) is 0 Å². The minimum Gasteiger partial charge on any atom is -0.370 e. The van der Waals surface area contributed by atoms with Crippen LogP contribution in [0.1, 0.15) is 50.5 Å². The van der Waals surface area contributed by atoms with Crippen LogP contribution in [0.4, 0.5) is 5.69 Å². The van der Waals surface area contributed by atoms with Crippen LogP contribution in [-0.4, -0.2) is 48.4 Å². The minimum absolute atomic E-state index is 0.0103. The van der Waals surface area contributed by atoms with Crippen LogP contribution in [0.15, 0.2) is 29.3 Å². The Hall–Kier alpha value is -2.26. The monoisotopic (exact) mass is 462 g/mol. The zero-order chi connectivity index (χ0) is 23.3. The molecule has 2 amide bonds. The smallest absolute Gasteiger partial charge is 0.242 e. The molecule has 32 heavy (non-hydrogen) atoms. The molecule has 1 aliphatic carbocycles. The highest BCUT2D eigenvalue weighted by Crippen LogP contribution is 2.27. The second-order valence-electron chi connectivity index (χ2n) is 8.44. The van der Waals surface area contributed by atoms with Crippen molar-refractivity contribution in [2.24, 2.45) is 28.1 Å². The Bertz CT molecular complexity index is 745. The highest BCUT2D eigenvalue weighted by atomic mass is 32.2. The number of carbonyl (C=O) groups excluding carboxylic acids is 2. The molecule has 0 heterocycles. The Morgan fingerprint density at radius 1 is 1.12 bits per heavy atom. The Morgan fingerprint density at radius 3 is 2.44 bits per heavy atom. The Labute approximate surface area is 195 Å². The summed E-state index contributed by atoms with van der Waals surface area (Å²) >= 11 is 1.67. The van der Waals surface area contributed by atoms with Crippen molar-refractivity contribution < 1.29 is 9.59 Å². The first-order chi connectivity index (χ1) is 15.4. The van der Waals surface area contributed by atoms with Crippen molar-refractivity contribution in [2.75, 3.05) is 18.6 Å². The first kappa shape index (κ1) is 26.0. The SMILES string of the molecule is CSCCNC(=O)[C@H](CCC1CCCCC1)NC(=O)[C@@H](N)Cc1ccc(N=C(N)N)cc1. The van der Waals surface area contributed by atoms with Crippen LogP contribution in [0.25, 0.3) is 0 Å². The average Bonchev–Trinajstić information content (AvgIpc) is 2.78. The van der Waals surface area contributed by atoms with Gasteiger partial charge in [0.25, 0.3) is 0 Å². The lowest BCUT2D eigenvalue weighted by molar-refractivity contribution is -0.129. The van der Waals surface area contributed by atoms with Gasteiger partial charge in [0.05, 0.1) is 11.7 Å². The lowest BCUT2D eigenvalue weighted by Crippen LogP contribution is -2.52. The van der Waals surface area contributed by atoms with Gasteiger partial charge in [-0.1, -0.05) is 44.2 Å². The Morgan fingerprint density at radius 2 is 1.81 bits per heavy atom. The largest absolute Gasteiger partial charge is 0.370 e. The third-order valence-electron chi connectivity index (χ3n) is 5.81. The average molecular weight is 463 g/mol. The molecule has 0 unspecified atom stereocenters. The molecule has 9 heteroatoms. The fourth-order valence-electron chi connectivity index (χ4n) is 4.03. The molecule has 1 aromatic rings. The van der Waals surface area contributed by atoms with Crippen LogP contribution >= 0.6 is 11.8 Å². The number of rotatable bonds is 12. The van der Waals surface area contributed by atoms with E-state index in [0.29, 0.717) is 31.0 Å². The number of nitrogens with zero attached hydrogens (tertiary/aromatic N) is 1. The quantitative estimate of drug-likeness (QED) is 0.182. The predicted octanol–water partition coefficient (Wildman–Crippen LogP) is 1.79.